The van der Waals surface area contributed by atoms with E-state index in [0.29, 0.717) is 13.1 Å². The Morgan fingerprint density at radius 1 is 1.29 bits per heavy atom. The Bertz CT molecular complexity index is 707. The Hall–Kier alpha value is -1.37. The highest BCUT2D eigenvalue weighted by Gasteiger charge is 2.17. The van der Waals surface area contributed by atoms with Gasteiger partial charge in [-0.25, -0.2) is 13.1 Å². The molecule has 0 radical (unpaired) electrons. The third-order valence-corrected chi connectivity index (χ3v) is 4.93. The van der Waals surface area contributed by atoms with Crippen LogP contribution in [-0.4, -0.2) is 27.3 Å². The minimum Gasteiger partial charge on any atom is -0.459 e. The Balaban J connectivity index is 2.02. The number of hydrogen-bond donors (Lipinski definition) is 2. The second kappa shape index (κ2) is 6.60. The normalized spacial score (nSPS) is 13.7. The van der Waals surface area contributed by atoms with E-state index in [4.69, 9.17) is 4.42 Å². The van der Waals surface area contributed by atoms with Crippen molar-refractivity contribution in [1.82, 2.24) is 10.0 Å². The molecule has 2 N–H and O–H groups in total. The van der Waals surface area contributed by atoms with Gasteiger partial charge >= 0.3 is 0 Å². The molecule has 116 valence electrons. The zero-order valence-corrected chi connectivity index (χ0v) is 13.5. The minimum absolute atomic E-state index is 0.0331. The average molecular weight is 310 g/mol. The Labute approximate surface area is 125 Å². The summed E-state index contributed by atoms with van der Waals surface area (Å²) in [7, 11) is -3.19. The maximum Gasteiger partial charge on any atom is 0.212 e. The third kappa shape index (κ3) is 3.84. The van der Waals surface area contributed by atoms with Gasteiger partial charge in [0.05, 0.1) is 11.8 Å². The fraction of sp³-hybridized carbons (Fsp3) is 0.467. The lowest BCUT2D eigenvalue weighted by atomic mass is 10.1. The van der Waals surface area contributed by atoms with Gasteiger partial charge in [0.25, 0.3) is 0 Å². The number of sulfonamides is 1. The molecule has 0 fully saturated rings. The van der Waals surface area contributed by atoms with E-state index in [2.05, 4.69) is 10.0 Å². The van der Waals surface area contributed by atoms with Crippen molar-refractivity contribution in [3.05, 3.63) is 35.6 Å². The number of fused-ring (bicyclic) bond motifs is 1. The fourth-order valence-electron chi connectivity index (χ4n) is 2.40. The summed E-state index contributed by atoms with van der Waals surface area (Å²) in [6, 6.07) is 7.86. The van der Waals surface area contributed by atoms with Crippen LogP contribution in [0.1, 0.15) is 31.2 Å². The molecule has 1 unspecified atom stereocenters. The third-order valence-electron chi connectivity index (χ3n) is 3.46. The molecule has 1 aromatic carbocycles. The molecular formula is C15H22N2O3S. The standard InChI is InChI=1S/C15H22N2O3S/c1-4-17-21(18,19)10-9-16-12(3)15-11(2)13-7-5-6-8-14(13)20-15/h5-8,12,16-17H,4,9-10H2,1-3H3. The van der Waals surface area contributed by atoms with E-state index in [-0.39, 0.29) is 11.8 Å². The summed E-state index contributed by atoms with van der Waals surface area (Å²) in [4.78, 5) is 0. The molecule has 0 aliphatic carbocycles. The van der Waals surface area contributed by atoms with E-state index in [1.165, 1.54) is 0 Å². The largest absolute Gasteiger partial charge is 0.459 e. The SMILES string of the molecule is CCNS(=O)(=O)CCNC(C)c1oc2ccccc2c1C. The van der Waals surface area contributed by atoms with Gasteiger partial charge in [-0.1, -0.05) is 25.1 Å². The van der Waals surface area contributed by atoms with Crippen LogP contribution in [0.2, 0.25) is 0 Å². The molecule has 0 bridgehead atoms. The zero-order valence-electron chi connectivity index (χ0n) is 12.6. The maximum absolute atomic E-state index is 11.6. The lowest BCUT2D eigenvalue weighted by Crippen LogP contribution is -2.32. The van der Waals surface area contributed by atoms with Gasteiger partial charge in [-0.15, -0.1) is 0 Å². The summed E-state index contributed by atoms with van der Waals surface area (Å²) in [5.74, 6) is 0.918. The van der Waals surface area contributed by atoms with Crippen molar-refractivity contribution in [2.45, 2.75) is 26.8 Å². The second-order valence-electron chi connectivity index (χ2n) is 5.08. The smallest absolute Gasteiger partial charge is 0.212 e. The average Bonchev–Trinajstić information content (AvgIpc) is 2.76. The molecule has 21 heavy (non-hydrogen) atoms. The first-order valence-electron chi connectivity index (χ1n) is 7.13. The molecule has 6 heteroatoms. The van der Waals surface area contributed by atoms with Gasteiger partial charge in [0, 0.05) is 18.5 Å². The van der Waals surface area contributed by atoms with Gasteiger partial charge in [0.1, 0.15) is 11.3 Å². The lowest BCUT2D eigenvalue weighted by Gasteiger charge is -2.12. The molecule has 1 atom stereocenters. The molecule has 0 amide bonds. The zero-order chi connectivity index (χ0) is 15.5. The number of furan rings is 1. The van der Waals surface area contributed by atoms with E-state index < -0.39 is 10.0 Å². The van der Waals surface area contributed by atoms with Crippen LogP contribution in [0.25, 0.3) is 11.0 Å². The molecule has 0 aliphatic heterocycles. The van der Waals surface area contributed by atoms with Gasteiger partial charge in [-0.05, 0) is 25.5 Å². The number of para-hydroxylation sites is 1. The monoisotopic (exact) mass is 310 g/mol. The Morgan fingerprint density at radius 2 is 2.00 bits per heavy atom. The first-order valence-corrected chi connectivity index (χ1v) is 8.78. The summed E-state index contributed by atoms with van der Waals surface area (Å²) in [5.41, 5.74) is 1.96. The topological polar surface area (TPSA) is 71.3 Å². The van der Waals surface area contributed by atoms with Gasteiger partial charge in [-0.3, -0.25) is 0 Å². The molecule has 5 nitrogen and oxygen atoms in total. The van der Waals surface area contributed by atoms with E-state index in [0.717, 1.165) is 22.3 Å². The number of benzene rings is 1. The first-order chi connectivity index (χ1) is 9.94. The van der Waals surface area contributed by atoms with Crippen molar-refractivity contribution in [3.63, 3.8) is 0 Å². The molecule has 0 saturated heterocycles. The highest BCUT2D eigenvalue weighted by Crippen LogP contribution is 2.28. The van der Waals surface area contributed by atoms with E-state index in [9.17, 15) is 8.42 Å². The molecule has 0 saturated carbocycles. The number of nitrogens with one attached hydrogen (secondary N) is 2. The van der Waals surface area contributed by atoms with E-state index in [1.54, 1.807) is 6.92 Å². The fourth-order valence-corrected chi connectivity index (χ4v) is 3.37. The minimum atomic E-state index is -3.19. The van der Waals surface area contributed by atoms with Gasteiger partial charge in [-0.2, -0.15) is 0 Å². The van der Waals surface area contributed by atoms with Crippen LogP contribution in [-0.2, 0) is 10.0 Å². The molecule has 0 aliphatic rings. The number of aryl methyl sites for hydroxylation is 1. The highest BCUT2D eigenvalue weighted by atomic mass is 32.2. The van der Waals surface area contributed by atoms with Crippen molar-refractivity contribution in [2.75, 3.05) is 18.8 Å². The van der Waals surface area contributed by atoms with Crippen LogP contribution in [0.3, 0.4) is 0 Å². The Kier molecular flexibility index (Phi) is 5.03. The van der Waals surface area contributed by atoms with Crippen LogP contribution >= 0.6 is 0 Å². The van der Waals surface area contributed by atoms with E-state index >= 15 is 0 Å². The summed E-state index contributed by atoms with van der Waals surface area (Å²) in [6.07, 6.45) is 0. The summed E-state index contributed by atoms with van der Waals surface area (Å²) < 4.78 is 31.5. The van der Waals surface area contributed by atoms with Crippen molar-refractivity contribution in [1.29, 1.82) is 0 Å². The summed E-state index contributed by atoms with van der Waals surface area (Å²) >= 11 is 0. The predicted octanol–water partition coefficient (Wildman–Crippen LogP) is 2.33. The molecule has 2 aromatic rings. The maximum atomic E-state index is 11.6. The van der Waals surface area contributed by atoms with Crippen molar-refractivity contribution in [3.8, 4) is 0 Å². The molecule has 2 rings (SSSR count). The van der Waals surface area contributed by atoms with Crippen molar-refractivity contribution in [2.24, 2.45) is 0 Å². The van der Waals surface area contributed by atoms with Crippen molar-refractivity contribution < 1.29 is 12.8 Å². The Morgan fingerprint density at radius 3 is 2.67 bits per heavy atom. The highest BCUT2D eigenvalue weighted by molar-refractivity contribution is 7.89. The molecule has 0 spiro atoms. The van der Waals surface area contributed by atoms with Crippen LogP contribution in [0.5, 0.6) is 0 Å². The quantitative estimate of drug-likeness (QED) is 0.823. The predicted molar refractivity (Wildman–Crippen MR) is 84.8 cm³/mol. The lowest BCUT2D eigenvalue weighted by molar-refractivity contribution is 0.455. The van der Waals surface area contributed by atoms with E-state index in [1.807, 2.05) is 38.1 Å². The molecule has 1 aromatic heterocycles. The molecular weight excluding hydrogens is 288 g/mol. The first kappa shape index (κ1) is 16.0. The number of rotatable bonds is 7. The van der Waals surface area contributed by atoms with Crippen molar-refractivity contribution >= 4 is 21.0 Å². The van der Waals surface area contributed by atoms with Gasteiger partial charge in [0.2, 0.25) is 10.0 Å². The number of hydrogen-bond acceptors (Lipinski definition) is 4. The van der Waals surface area contributed by atoms with Crippen LogP contribution in [0.4, 0.5) is 0 Å². The van der Waals surface area contributed by atoms with Crippen LogP contribution in [0, 0.1) is 6.92 Å². The summed E-state index contributed by atoms with van der Waals surface area (Å²) in [5, 5.41) is 4.30. The molecule has 1 heterocycles. The van der Waals surface area contributed by atoms with Gasteiger partial charge in [0.15, 0.2) is 0 Å². The van der Waals surface area contributed by atoms with Gasteiger partial charge < -0.3 is 9.73 Å². The second-order valence-corrected chi connectivity index (χ2v) is 7.01. The van der Waals surface area contributed by atoms with Crippen LogP contribution in [0.15, 0.2) is 28.7 Å². The van der Waals surface area contributed by atoms with Crippen LogP contribution < -0.4 is 10.0 Å². The summed E-state index contributed by atoms with van der Waals surface area (Å²) in [6.45, 7) is 6.57.